The van der Waals surface area contributed by atoms with Crippen molar-refractivity contribution in [2.45, 2.75) is 13.8 Å². The molecule has 2 heterocycles. The zero-order valence-electron chi connectivity index (χ0n) is 11.0. The van der Waals surface area contributed by atoms with E-state index in [1.54, 1.807) is 6.33 Å². The van der Waals surface area contributed by atoms with Gasteiger partial charge in [-0.25, -0.2) is 9.97 Å². The Labute approximate surface area is 113 Å². The normalized spacial score (nSPS) is 15.3. The molecule has 5 heteroatoms. The third-order valence-corrected chi connectivity index (χ3v) is 3.72. The van der Waals surface area contributed by atoms with E-state index in [1.807, 2.05) is 17.8 Å². The van der Waals surface area contributed by atoms with Crippen LogP contribution in [-0.2, 0) is 0 Å². The van der Waals surface area contributed by atoms with Crippen LogP contribution >= 0.6 is 11.8 Å². The maximum atomic E-state index is 4.36. The maximum Gasteiger partial charge on any atom is 0.134 e. The molecule has 0 saturated carbocycles. The lowest BCUT2D eigenvalue weighted by atomic mass is 10.3. The third kappa shape index (κ3) is 3.91. The Bertz CT molecular complexity index is 409. The van der Waals surface area contributed by atoms with Crippen molar-refractivity contribution >= 4 is 23.4 Å². The Morgan fingerprint density at radius 1 is 1.39 bits per heavy atom. The number of hydrogen-bond donors (Lipinski definition) is 1. The number of rotatable bonds is 4. The van der Waals surface area contributed by atoms with Gasteiger partial charge in [-0.15, -0.1) is 0 Å². The van der Waals surface area contributed by atoms with E-state index < -0.39 is 0 Å². The van der Waals surface area contributed by atoms with Crippen molar-refractivity contribution in [1.29, 1.82) is 0 Å². The number of anilines is 2. The van der Waals surface area contributed by atoms with Crippen molar-refractivity contribution in [3.63, 3.8) is 0 Å². The molecule has 18 heavy (non-hydrogen) atoms. The number of allylic oxidation sites excluding steroid dienone is 1. The smallest absolute Gasteiger partial charge is 0.134 e. The SMILES string of the molecule is CC(C)=CCNc1cc(N2CCSCC2)ncn1. The van der Waals surface area contributed by atoms with E-state index >= 15 is 0 Å². The van der Waals surface area contributed by atoms with Crippen LogP contribution in [0.5, 0.6) is 0 Å². The van der Waals surface area contributed by atoms with E-state index in [1.165, 1.54) is 17.1 Å². The van der Waals surface area contributed by atoms with E-state index in [9.17, 15) is 0 Å². The first-order chi connectivity index (χ1) is 8.75. The molecule has 1 aromatic rings. The molecule has 1 fully saturated rings. The van der Waals surface area contributed by atoms with E-state index in [2.05, 4.69) is 40.1 Å². The Hall–Kier alpha value is -1.23. The van der Waals surface area contributed by atoms with Crippen LogP contribution in [0.1, 0.15) is 13.8 Å². The number of hydrogen-bond acceptors (Lipinski definition) is 5. The lowest BCUT2D eigenvalue weighted by molar-refractivity contribution is 0.835. The quantitative estimate of drug-likeness (QED) is 0.846. The van der Waals surface area contributed by atoms with Crippen LogP contribution < -0.4 is 10.2 Å². The molecule has 0 atom stereocenters. The molecule has 2 rings (SSSR count). The molecule has 4 nitrogen and oxygen atoms in total. The monoisotopic (exact) mass is 264 g/mol. The third-order valence-electron chi connectivity index (χ3n) is 2.78. The first-order valence-corrected chi connectivity index (χ1v) is 7.43. The van der Waals surface area contributed by atoms with Gasteiger partial charge in [-0.3, -0.25) is 0 Å². The van der Waals surface area contributed by atoms with Crippen LogP contribution in [0.2, 0.25) is 0 Å². The highest BCUT2D eigenvalue weighted by atomic mass is 32.2. The highest BCUT2D eigenvalue weighted by Gasteiger charge is 2.12. The predicted octanol–water partition coefficient (Wildman–Crippen LogP) is 2.41. The Morgan fingerprint density at radius 2 is 2.17 bits per heavy atom. The van der Waals surface area contributed by atoms with Crippen molar-refractivity contribution in [2.75, 3.05) is 41.4 Å². The minimum atomic E-state index is 0.814. The van der Waals surface area contributed by atoms with Gasteiger partial charge in [0, 0.05) is 37.2 Å². The van der Waals surface area contributed by atoms with Crippen molar-refractivity contribution in [3.05, 3.63) is 24.0 Å². The summed E-state index contributed by atoms with van der Waals surface area (Å²) < 4.78 is 0. The number of aromatic nitrogens is 2. The van der Waals surface area contributed by atoms with Crippen LogP contribution in [0.25, 0.3) is 0 Å². The van der Waals surface area contributed by atoms with Crippen molar-refractivity contribution in [1.82, 2.24) is 9.97 Å². The molecule has 0 aliphatic carbocycles. The van der Waals surface area contributed by atoms with Gasteiger partial charge in [-0.05, 0) is 13.8 Å². The molecule has 0 radical (unpaired) electrons. The second-order valence-electron chi connectivity index (χ2n) is 4.52. The lowest BCUT2D eigenvalue weighted by Gasteiger charge is -2.27. The van der Waals surface area contributed by atoms with E-state index in [-0.39, 0.29) is 0 Å². The van der Waals surface area contributed by atoms with Crippen LogP contribution in [0.4, 0.5) is 11.6 Å². The Kier molecular flexibility index (Phi) is 4.87. The van der Waals surface area contributed by atoms with Crippen molar-refractivity contribution in [2.24, 2.45) is 0 Å². The van der Waals surface area contributed by atoms with Crippen LogP contribution in [-0.4, -0.2) is 41.1 Å². The van der Waals surface area contributed by atoms with Gasteiger partial charge >= 0.3 is 0 Å². The van der Waals surface area contributed by atoms with Gasteiger partial charge in [0.25, 0.3) is 0 Å². The molecular formula is C13H20N4S. The van der Waals surface area contributed by atoms with Gasteiger partial charge in [0.05, 0.1) is 0 Å². The summed E-state index contributed by atoms with van der Waals surface area (Å²) in [6.07, 6.45) is 3.79. The second-order valence-corrected chi connectivity index (χ2v) is 5.75. The number of thioether (sulfide) groups is 1. The Balaban J connectivity index is 1.98. The standard InChI is InChI=1S/C13H20N4S/c1-11(2)3-4-14-12-9-13(16-10-15-12)17-5-7-18-8-6-17/h3,9-10H,4-8H2,1-2H3,(H,14,15,16). The summed E-state index contributed by atoms with van der Waals surface area (Å²) in [5.41, 5.74) is 1.31. The zero-order valence-corrected chi connectivity index (χ0v) is 11.8. The average molecular weight is 264 g/mol. The molecule has 0 spiro atoms. The van der Waals surface area contributed by atoms with E-state index in [0.717, 1.165) is 31.3 Å². The maximum absolute atomic E-state index is 4.36. The largest absolute Gasteiger partial charge is 0.366 e. The summed E-state index contributed by atoms with van der Waals surface area (Å²) in [6.45, 7) is 7.16. The summed E-state index contributed by atoms with van der Waals surface area (Å²) in [4.78, 5) is 10.9. The average Bonchev–Trinajstić information content (AvgIpc) is 2.40. The van der Waals surface area contributed by atoms with Crippen molar-refractivity contribution < 1.29 is 0 Å². The molecule has 1 aliphatic rings. The van der Waals surface area contributed by atoms with Gasteiger partial charge < -0.3 is 10.2 Å². The summed E-state index contributed by atoms with van der Waals surface area (Å²) in [5.74, 6) is 4.30. The highest BCUT2D eigenvalue weighted by Crippen LogP contribution is 2.18. The first kappa shape index (κ1) is 13.2. The first-order valence-electron chi connectivity index (χ1n) is 6.27. The number of nitrogens with zero attached hydrogens (tertiary/aromatic N) is 3. The van der Waals surface area contributed by atoms with Gasteiger partial charge in [-0.2, -0.15) is 11.8 Å². The fraction of sp³-hybridized carbons (Fsp3) is 0.538. The van der Waals surface area contributed by atoms with Gasteiger partial charge in [0.2, 0.25) is 0 Å². The fourth-order valence-electron chi connectivity index (χ4n) is 1.77. The molecule has 0 aromatic carbocycles. The topological polar surface area (TPSA) is 41.0 Å². The molecule has 1 N–H and O–H groups in total. The molecule has 98 valence electrons. The molecule has 1 saturated heterocycles. The minimum absolute atomic E-state index is 0.814. The lowest BCUT2D eigenvalue weighted by Crippen LogP contribution is -2.33. The predicted molar refractivity (Wildman–Crippen MR) is 79.5 cm³/mol. The zero-order chi connectivity index (χ0) is 12.8. The summed E-state index contributed by atoms with van der Waals surface area (Å²) in [5, 5.41) is 3.30. The molecule has 1 aromatic heterocycles. The summed E-state index contributed by atoms with van der Waals surface area (Å²) in [6, 6.07) is 2.04. The second kappa shape index (κ2) is 6.64. The molecule has 1 aliphatic heterocycles. The van der Waals surface area contributed by atoms with Gasteiger partial charge in [0.1, 0.15) is 18.0 Å². The Morgan fingerprint density at radius 3 is 2.89 bits per heavy atom. The van der Waals surface area contributed by atoms with E-state index in [0.29, 0.717) is 0 Å². The minimum Gasteiger partial charge on any atom is -0.366 e. The summed E-state index contributed by atoms with van der Waals surface area (Å²) >= 11 is 2.01. The molecule has 0 amide bonds. The molecule has 0 bridgehead atoms. The van der Waals surface area contributed by atoms with E-state index in [4.69, 9.17) is 0 Å². The van der Waals surface area contributed by atoms with Crippen molar-refractivity contribution in [3.8, 4) is 0 Å². The van der Waals surface area contributed by atoms with Crippen LogP contribution in [0.3, 0.4) is 0 Å². The fourth-order valence-corrected chi connectivity index (χ4v) is 2.67. The highest BCUT2D eigenvalue weighted by molar-refractivity contribution is 7.99. The van der Waals surface area contributed by atoms with Gasteiger partial charge in [-0.1, -0.05) is 11.6 Å². The molecular weight excluding hydrogens is 244 g/mol. The molecule has 0 unspecified atom stereocenters. The summed E-state index contributed by atoms with van der Waals surface area (Å²) in [7, 11) is 0. The van der Waals surface area contributed by atoms with Crippen LogP contribution in [0.15, 0.2) is 24.0 Å². The van der Waals surface area contributed by atoms with Crippen LogP contribution in [0, 0.1) is 0 Å². The number of nitrogens with one attached hydrogen (secondary N) is 1. The van der Waals surface area contributed by atoms with Gasteiger partial charge in [0.15, 0.2) is 0 Å².